The first kappa shape index (κ1) is 29.1. The highest BCUT2D eigenvalue weighted by Crippen LogP contribution is 2.44. The number of amidine groups is 1. The zero-order chi connectivity index (χ0) is 34.2. The summed E-state index contributed by atoms with van der Waals surface area (Å²) in [5, 5.41) is 15.6. The van der Waals surface area contributed by atoms with Crippen LogP contribution in [0.1, 0.15) is 11.1 Å². The first-order valence-electron chi connectivity index (χ1n) is 17.2. The van der Waals surface area contributed by atoms with Crippen LogP contribution in [0.2, 0.25) is 0 Å². The van der Waals surface area contributed by atoms with Gasteiger partial charge in [-0.25, -0.2) is 0 Å². The van der Waals surface area contributed by atoms with Gasteiger partial charge in [0.2, 0.25) is 0 Å². The molecule has 0 bridgehead atoms. The molecule has 242 valence electrons. The number of hydrogen-bond acceptors (Lipinski definition) is 2. The van der Waals surface area contributed by atoms with Crippen LogP contribution in [0.3, 0.4) is 0 Å². The van der Waals surface area contributed by atoms with Crippen molar-refractivity contribution in [1.82, 2.24) is 8.97 Å². The van der Waals surface area contributed by atoms with Crippen LogP contribution < -0.4 is 10.6 Å². The molecular formula is C46H33N5. The fourth-order valence-corrected chi connectivity index (χ4v) is 8.14. The minimum Gasteiger partial charge on any atom is -0.384 e. The molecule has 0 aliphatic heterocycles. The number of rotatable bonds is 5. The van der Waals surface area contributed by atoms with E-state index in [-0.39, 0.29) is 5.84 Å². The Labute approximate surface area is 294 Å². The Hall–Kier alpha value is -6.85. The van der Waals surface area contributed by atoms with Gasteiger partial charge in [0.15, 0.2) is 0 Å². The van der Waals surface area contributed by atoms with Crippen molar-refractivity contribution in [2.24, 2.45) is 5.73 Å². The lowest BCUT2D eigenvalue weighted by molar-refractivity contribution is 1.17. The molecule has 3 aromatic heterocycles. The second kappa shape index (κ2) is 11.1. The van der Waals surface area contributed by atoms with Crippen molar-refractivity contribution in [2.75, 3.05) is 4.90 Å². The highest BCUT2D eigenvalue weighted by atomic mass is 15.1. The summed E-state index contributed by atoms with van der Waals surface area (Å²) < 4.78 is 4.75. The van der Waals surface area contributed by atoms with Gasteiger partial charge in [0.25, 0.3) is 0 Å². The summed E-state index contributed by atoms with van der Waals surface area (Å²) in [7, 11) is 0. The maximum atomic E-state index is 8.28. The zero-order valence-electron chi connectivity index (χ0n) is 28.0. The van der Waals surface area contributed by atoms with E-state index >= 15 is 0 Å². The average molecular weight is 656 g/mol. The fourth-order valence-electron chi connectivity index (χ4n) is 8.14. The topological polar surface area (TPSA) is 62.5 Å². The van der Waals surface area contributed by atoms with Crippen LogP contribution in [-0.2, 0) is 0 Å². The number of fused-ring (bicyclic) bond motifs is 11. The Morgan fingerprint density at radius 2 is 1.04 bits per heavy atom. The first-order chi connectivity index (χ1) is 25.1. The molecule has 0 radical (unpaired) electrons. The van der Waals surface area contributed by atoms with Crippen LogP contribution in [0.15, 0.2) is 164 Å². The van der Waals surface area contributed by atoms with Crippen molar-refractivity contribution in [3.63, 3.8) is 0 Å². The van der Waals surface area contributed by atoms with Gasteiger partial charge in [0.05, 0.1) is 33.3 Å². The van der Waals surface area contributed by atoms with Gasteiger partial charge < -0.3 is 19.6 Å². The quantitative estimate of drug-likeness (QED) is 0.110. The second-order valence-corrected chi connectivity index (χ2v) is 13.3. The highest BCUT2D eigenvalue weighted by Gasteiger charge is 2.22. The number of nitrogen functional groups attached to an aromatic ring is 1. The molecule has 51 heavy (non-hydrogen) atoms. The maximum Gasteiger partial charge on any atom is 0.122 e. The Morgan fingerprint density at radius 1 is 0.490 bits per heavy atom. The third-order valence-electron chi connectivity index (χ3n) is 10.4. The molecule has 0 aliphatic carbocycles. The third kappa shape index (κ3) is 4.31. The van der Waals surface area contributed by atoms with E-state index in [0.717, 1.165) is 39.2 Å². The van der Waals surface area contributed by atoms with E-state index in [4.69, 9.17) is 11.1 Å². The molecule has 10 aromatic rings. The molecule has 0 spiro atoms. The van der Waals surface area contributed by atoms with Crippen molar-refractivity contribution in [3.05, 3.63) is 175 Å². The van der Waals surface area contributed by atoms with Crippen molar-refractivity contribution < 1.29 is 0 Å². The van der Waals surface area contributed by atoms with Crippen molar-refractivity contribution in [2.45, 2.75) is 6.92 Å². The number of para-hydroxylation sites is 3. The summed E-state index contributed by atoms with van der Waals surface area (Å²) in [5.74, 6) is 0.0426. The number of aromatic nitrogens is 2. The van der Waals surface area contributed by atoms with E-state index in [9.17, 15) is 0 Å². The van der Waals surface area contributed by atoms with E-state index in [2.05, 4.69) is 166 Å². The number of hydrogen-bond donors (Lipinski definition) is 2. The monoisotopic (exact) mass is 655 g/mol. The zero-order valence-corrected chi connectivity index (χ0v) is 28.0. The molecular weight excluding hydrogens is 623 g/mol. The number of aryl methyl sites for hydroxylation is 1. The molecule has 0 atom stereocenters. The molecule has 0 saturated carbocycles. The summed E-state index contributed by atoms with van der Waals surface area (Å²) in [6.07, 6.45) is 0. The molecule has 0 unspecified atom stereocenters. The average Bonchev–Trinajstić information content (AvgIpc) is 3.73. The Bertz CT molecular complexity index is 2970. The summed E-state index contributed by atoms with van der Waals surface area (Å²) in [5.41, 5.74) is 17.9. The van der Waals surface area contributed by atoms with Gasteiger partial charge >= 0.3 is 0 Å². The van der Waals surface area contributed by atoms with Gasteiger partial charge in [0, 0.05) is 49.6 Å². The highest BCUT2D eigenvalue weighted by molar-refractivity contribution is 6.17. The number of nitrogens with two attached hydrogens (primary N) is 1. The Balaban J connectivity index is 1.25. The minimum absolute atomic E-state index is 0.0426. The number of nitrogens with one attached hydrogen (secondary N) is 1. The molecule has 3 heterocycles. The molecule has 0 amide bonds. The lowest BCUT2D eigenvalue weighted by atomic mass is 10.0. The maximum absolute atomic E-state index is 8.28. The summed E-state index contributed by atoms with van der Waals surface area (Å²) in [6.45, 7) is 2.18. The normalized spacial score (nSPS) is 11.8. The lowest BCUT2D eigenvalue weighted by Crippen LogP contribution is -2.15. The van der Waals surface area contributed by atoms with Crippen LogP contribution in [0.4, 0.5) is 17.1 Å². The Morgan fingerprint density at radius 3 is 1.69 bits per heavy atom. The summed E-state index contributed by atoms with van der Waals surface area (Å²) in [4.78, 5) is 2.32. The van der Waals surface area contributed by atoms with Gasteiger partial charge in [-0.1, -0.05) is 97.1 Å². The summed E-state index contributed by atoms with van der Waals surface area (Å²) >= 11 is 0. The van der Waals surface area contributed by atoms with E-state index < -0.39 is 0 Å². The van der Waals surface area contributed by atoms with E-state index in [1.165, 1.54) is 49.0 Å². The van der Waals surface area contributed by atoms with Gasteiger partial charge in [-0.3, -0.25) is 5.41 Å². The number of anilines is 3. The van der Waals surface area contributed by atoms with Crippen LogP contribution in [-0.4, -0.2) is 14.8 Å². The largest absolute Gasteiger partial charge is 0.384 e. The molecule has 0 aliphatic rings. The van der Waals surface area contributed by atoms with Crippen molar-refractivity contribution in [3.8, 4) is 5.69 Å². The number of benzene rings is 7. The first-order valence-corrected chi connectivity index (χ1v) is 17.2. The third-order valence-corrected chi connectivity index (χ3v) is 10.4. The Kier molecular flexibility index (Phi) is 6.33. The molecule has 5 nitrogen and oxygen atoms in total. The van der Waals surface area contributed by atoms with Crippen molar-refractivity contribution >= 4 is 82.8 Å². The molecule has 3 N–H and O–H groups in total. The van der Waals surface area contributed by atoms with Gasteiger partial charge in [-0.05, 0) is 84.6 Å². The van der Waals surface area contributed by atoms with Gasteiger partial charge in [-0.2, -0.15) is 0 Å². The predicted octanol–water partition coefficient (Wildman–Crippen LogP) is 11.6. The SMILES string of the molecule is Cc1ccc2c(cc3c4ccccc4c4ccccc4n23)c1N(c1ccc(-n2c3ccccc3c3ccccc32)cc1)c1cccc(C(=N)N)c1. The molecule has 0 saturated heterocycles. The minimum atomic E-state index is 0.0426. The van der Waals surface area contributed by atoms with Crippen LogP contribution in [0.25, 0.3) is 65.6 Å². The standard InChI is InChI=1S/C46H33N5/c1-29-21-26-43-39(28-44-36-15-3-2-13-34(36)35-14-4-9-20-42(35)51(43)44)45(29)49(33-12-10-11-30(27-33)46(47)48)31-22-24-32(25-23-31)50-40-18-7-5-16-37(40)38-17-6-8-19-41(38)50/h2-28H,1H3,(H3,47,48). The smallest absolute Gasteiger partial charge is 0.122 e. The van der Waals surface area contributed by atoms with Crippen molar-refractivity contribution in [1.29, 1.82) is 5.41 Å². The number of pyridine rings is 1. The predicted molar refractivity (Wildman–Crippen MR) is 215 cm³/mol. The molecule has 5 heteroatoms. The summed E-state index contributed by atoms with van der Waals surface area (Å²) in [6, 6.07) is 58.2. The molecule has 0 fully saturated rings. The van der Waals surface area contributed by atoms with E-state index in [1.54, 1.807) is 0 Å². The molecule has 7 aromatic carbocycles. The van der Waals surface area contributed by atoms with Crippen LogP contribution in [0, 0.1) is 12.3 Å². The fraction of sp³-hybridized carbons (Fsp3) is 0.0217. The number of nitrogens with zero attached hydrogens (tertiary/aromatic N) is 3. The van der Waals surface area contributed by atoms with Crippen LogP contribution in [0.5, 0.6) is 0 Å². The second-order valence-electron chi connectivity index (χ2n) is 13.3. The molecule has 10 rings (SSSR count). The van der Waals surface area contributed by atoms with E-state index in [1.807, 2.05) is 18.2 Å². The van der Waals surface area contributed by atoms with Gasteiger partial charge in [-0.15, -0.1) is 0 Å². The van der Waals surface area contributed by atoms with Gasteiger partial charge in [0.1, 0.15) is 5.84 Å². The lowest BCUT2D eigenvalue weighted by Gasteiger charge is -2.28. The van der Waals surface area contributed by atoms with Crippen LogP contribution >= 0.6 is 0 Å². The van der Waals surface area contributed by atoms with E-state index in [0.29, 0.717) is 5.56 Å².